The summed E-state index contributed by atoms with van der Waals surface area (Å²) in [5.41, 5.74) is 2.16. The molecule has 0 aromatic heterocycles. The van der Waals surface area contributed by atoms with Gasteiger partial charge in [0.2, 0.25) is 0 Å². The van der Waals surface area contributed by atoms with Crippen LogP contribution in [-0.2, 0) is 10.0 Å². The molecule has 0 spiro atoms. The number of benzene rings is 2. The number of phenols is 1. The smallest absolute Gasteiger partial charge is 0.276 e. The van der Waals surface area contributed by atoms with Gasteiger partial charge in [0.1, 0.15) is 5.75 Å². The van der Waals surface area contributed by atoms with Crippen LogP contribution in [0.1, 0.15) is 16.7 Å². The highest BCUT2D eigenvalue weighted by Gasteiger charge is 2.15. The second-order valence-electron chi connectivity index (χ2n) is 4.83. The molecule has 0 amide bonds. The molecule has 7 heteroatoms. The van der Waals surface area contributed by atoms with Gasteiger partial charge in [0.05, 0.1) is 15.6 Å². The van der Waals surface area contributed by atoms with Gasteiger partial charge in [-0.1, -0.05) is 12.1 Å². The Morgan fingerprint density at radius 1 is 1.18 bits per heavy atom. The number of hydrazone groups is 1. The van der Waals surface area contributed by atoms with E-state index in [1.165, 1.54) is 12.3 Å². The summed E-state index contributed by atoms with van der Waals surface area (Å²) in [6.07, 6.45) is 1.37. The fourth-order valence-corrected chi connectivity index (χ4v) is 3.34. The number of sulfonamides is 1. The third-order valence-corrected chi connectivity index (χ3v) is 4.99. The summed E-state index contributed by atoms with van der Waals surface area (Å²) in [5, 5.41) is 13.2. The number of aromatic hydroxyl groups is 1. The van der Waals surface area contributed by atoms with Gasteiger partial charge in [-0.15, -0.1) is 0 Å². The Balaban J connectivity index is 2.20. The van der Waals surface area contributed by atoms with Gasteiger partial charge in [-0.2, -0.15) is 13.5 Å². The minimum atomic E-state index is -3.71. The normalized spacial score (nSPS) is 11.8. The monoisotopic (exact) mass is 382 g/mol. The van der Waals surface area contributed by atoms with Crippen LogP contribution < -0.4 is 4.83 Å². The molecule has 0 aliphatic carbocycles. The van der Waals surface area contributed by atoms with E-state index in [-0.39, 0.29) is 10.6 Å². The van der Waals surface area contributed by atoms with Crippen LogP contribution in [0.15, 0.2) is 50.9 Å². The first-order valence-electron chi connectivity index (χ1n) is 6.40. The maximum atomic E-state index is 12.2. The maximum Gasteiger partial charge on any atom is 0.276 e. The van der Waals surface area contributed by atoms with E-state index in [1.807, 2.05) is 13.0 Å². The van der Waals surface area contributed by atoms with E-state index < -0.39 is 10.0 Å². The van der Waals surface area contributed by atoms with Crippen molar-refractivity contribution in [1.29, 1.82) is 0 Å². The molecule has 2 aromatic rings. The highest BCUT2D eigenvalue weighted by Crippen LogP contribution is 2.23. The molecule has 0 saturated heterocycles. The summed E-state index contributed by atoms with van der Waals surface area (Å²) in [7, 11) is -3.71. The molecule has 22 heavy (non-hydrogen) atoms. The summed E-state index contributed by atoms with van der Waals surface area (Å²) in [5.74, 6) is 0.105. The molecule has 0 heterocycles. The van der Waals surface area contributed by atoms with Crippen molar-refractivity contribution in [2.75, 3.05) is 0 Å². The lowest BCUT2D eigenvalue weighted by Gasteiger charge is -2.07. The molecule has 0 aliphatic rings. The molecule has 0 unspecified atom stereocenters. The predicted molar refractivity (Wildman–Crippen MR) is 89.6 cm³/mol. The third kappa shape index (κ3) is 3.86. The molecule has 0 atom stereocenters. The van der Waals surface area contributed by atoms with Crippen LogP contribution in [0.5, 0.6) is 5.75 Å². The molecular weight excluding hydrogens is 368 g/mol. The van der Waals surface area contributed by atoms with Gasteiger partial charge in [-0.05, 0) is 70.7 Å². The number of nitrogens with zero attached hydrogens (tertiary/aromatic N) is 1. The van der Waals surface area contributed by atoms with E-state index in [4.69, 9.17) is 0 Å². The van der Waals surface area contributed by atoms with Gasteiger partial charge >= 0.3 is 0 Å². The first-order valence-corrected chi connectivity index (χ1v) is 8.68. The van der Waals surface area contributed by atoms with Crippen LogP contribution in [0.2, 0.25) is 0 Å². The number of hydrogen-bond acceptors (Lipinski definition) is 4. The van der Waals surface area contributed by atoms with E-state index in [9.17, 15) is 13.5 Å². The molecule has 116 valence electrons. The lowest BCUT2D eigenvalue weighted by molar-refractivity contribution is 0.472. The Morgan fingerprint density at radius 2 is 1.91 bits per heavy atom. The van der Waals surface area contributed by atoms with Crippen molar-refractivity contribution in [3.63, 3.8) is 0 Å². The molecule has 5 nitrogen and oxygen atoms in total. The fourth-order valence-electron chi connectivity index (χ4n) is 1.82. The second kappa shape index (κ2) is 6.50. The summed E-state index contributed by atoms with van der Waals surface area (Å²) in [6, 6.07) is 9.95. The molecule has 0 fully saturated rings. The molecule has 2 aromatic carbocycles. The fraction of sp³-hybridized carbons (Fsp3) is 0.133. The number of phenolic OH excluding ortho intramolecular Hbond substituents is 1. The molecule has 0 bridgehead atoms. The van der Waals surface area contributed by atoms with E-state index in [0.717, 1.165) is 5.56 Å². The van der Waals surface area contributed by atoms with Gasteiger partial charge in [-0.3, -0.25) is 0 Å². The number of hydrogen-bond donors (Lipinski definition) is 2. The Hall–Kier alpha value is -1.86. The maximum absolute atomic E-state index is 12.2. The van der Waals surface area contributed by atoms with E-state index in [1.54, 1.807) is 31.2 Å². The van der Waals surface area contributed by atoms with E-state index >= 15 is 0 Å². The number of aryl methyl sites for hydroxylation is 2. The molecule has 0 aliphatic heterocycles. The highest BCUT2D eigenvalue weighted by atomic mass is 79.9. The van der Waals surface area contributed by atoms with Crippen molar-refractivity contribution in [3.8, 4) is 5.75 Å². The third-order valence-electron chi connectivity index (χ3n) is 2.99. The zero-order valence-corrected chi connectivity index (χ0v) is 14.4. The SMILES string of the molecule is Cc1ccc(C)c(S(=O)(=O)N/N=C/c2ccc(O)c(Br)c2)c1. The van der Waals surface area contributed by atoms with E-state index in [0.29, 0.717) is 15.6 Å². The second-order valence-corrected chi connectivity index (χ2v) is 7.32. The average molecular weight is 383 g/mol. The number of halogens is 1. The Labute approximate surface area is 137 Å². The first kappa shape index (κ1) is 16.5. The molecule has 2 rings (SSSR count). The molecule has 0 radical (unpaired) electrons. The van der Waals surface area contributed by atoms with E-state index in [2.05, 4.69) is 25.9 Å². The minimum Gasteiger partial charge on any atom is -0.507 e. The van der Waals surface area contributed by atoms with Crippen molar-refractivity contribution < 1.29 is 13.5 Å². The van der Waals surface area contributed by atoms with Crippen LogP contribution in [0.3, 0.4) is 0 Å². The molecule has 0 saturated carbocycles. The Kier molecular flexibility index (Phi) is 4.87. The summed E-state index contributed by atoms with van der Waals surface area (Å²) >= 11 is 3.18. The zero-order chi connectivity index (χ0) is 16.3. The number of rotatable bonds is 4. The number of nitrogens with one attached hydrogen (secondary N) is 1. The minimum absolute atomic E-state index is 0.105. The molecule has 2 N–H and O–H groups in total. The summed E-state index contributed by atoms with van der Waals surface area (Å²) in [4.78, 5) is 2.39. The lowest BCUT2D eigenvalue weighted by Crippen LogP contribution is -2.19. The van der Waals surface area contributed by atoms with Crippen molar-refractivity contribution in [2.45, 2.75) is 18.7 Å². The van der Waals surface area contributed by atoms with Crippen LogP contribution in [0.25, 0.3) is 0 Å². The van der Waals surface area contributed by atoms with Crippen LogP contribution >= 0.6 is 15.9 Å². The predicted octanol–water partition coefficient (Wildman–Crippen LogP) is 3.08. The Morgan fingerprint density at radius 3 is 2.59 bits per heavy atom. The average Bonchev–Trinajstić information content (AvgIpc) is 2.45. The van der Waals surface area contributed by atoms with Crippen LogP contribution in [0, 0.1) is 13.8 Å². The van der Waals surface area contributed by atoms with Gasteiger partial charge in [0.15, 0.2) is 0 Å². The topological polar surface area (TPSA) is 78.8 Å². The summed E-state index contributed by atoms with van der Waals surface area (Å²) in [6.45, 7) is 3.56. The largest absolute Gasteiger partial charge is 0.507 e. The zero-order valence-electron chi connectivity index (χ0n) is 12.0. The van der Waals surface area contributed by atoms with Gasteiger partial charge < -0.3 is 5.11 Å². The van der Waals surface area contributed by atoms with Gasteiger partial charge in [0.25, 0.3) is 10.0 Å². The Bertz CT molecular complexity index is 833. The molecular formula is C15H15BrN2O3S. The quantitative estimate of drug-likeness (QED) is 0.629. The van der Waals surface area contributed by atoms with Crippen molar-refractivity contribution in [3.05, 3.63) is 57.6 Å². The van der Waals surface area contributed by atoms with Crippen LogP contribution in [-0.4, -0.2) is 19.7 Å². The highest BCUT2D eigenvalue weighted by molar-refractivity contribution is 9.10. The van der Waals surface area contributed by atoms with Gasteiger partial charge in [0, 0.05) is 0 Å². The van der Waals surface area contributed by atoms with Crippen molar-refractivity contribution in [1.82, 2.24) is 4.83 Å². The van der Waals surface area contributed by atoms with Gasteiger partial charge in [-0.25, -0.2) is 4.83 Å². The summed E-state index contributed by atoms with van der Waals surface area (Å²) < 4.78 is 25.0. The standard InChI is InChI=1S/C15H15BrN2O3S/c1-10-3-4-11(2)15(7-10)22(20,21)18-17-9-12-5-6-14(19)13(16)8-12/h3-9,18-19H,1-2H3/b17-9+. The van der Waals surface area contributed by atoms with Crippen molar-refractivity contribution in [2.24, 2.45) is 5.10 Å². The lowest BCUT2D eigenvalue weighted by atomic mass is 10.2. The first-order chi connectivity index (χ1) is 10.3. The van der Waals surface area contributed by atoms with Crippen molar-refractivity contribution >= 4 is 32.2 Å². The van der Waals surface area contributed by atoms with Crippen LogP contribution in [0.4, 0.5) is 0 Å².